The maximum absolute atomic E-state index is 13.5. The number of nitrogens with zero attached hydrogens (tertiary/aromatic N) is 2. The Balaban J connectivity index is 1.09. The largest absolute Gasteiger partial charge is 0.497 e. The fraction of sp³-hybridized carbons (Fsp3) is 0.708. The van der Waals surface area contributed by atoms with Crippen LogP contribution in [0, 0.1) is 23.2 Å². The van der Waals surface area contributed by atoms with Gasteiger partial charge in [0.2, 0.25) is 5.91 Å². The molecule has 5 fully saturated rings. The third-order valence-electron chi connectivity index (χ3n) is 7.89. The smallest absolute Gasteiger partial charge is 0.228 e. The lowest BCUT2D eigenvalue weighted by Crippen LogP contribution is -2.58. The number of ether oxygens (including phenoxy) is 2. The lowest BCUT2D eigenvalue weighted by molar-refractivity contribution is -0.159. The van der Waals surface area contributed by atoms with Gasteiger partial charge in [-0.3, -0.25) is 9.69 Å². The first-order valence-electron chi connectivity index (χ1n) is 11.4. The van der Waals surface area contributed by atoms with Crippen molar-refractivity contribution in [3.8, 4) is 11.5 Å². The van der Waals surface area contributed by atoms with Gasteiger partial charge in [-0.05, 0) is 80.5 Å². The van der Waals surface area contributed by atoms with Gasteiger partial charge in [-0.25, -0.2) is 0 Å². The number of benzene rings is 1. The molecule has 4 aliphatic carbocycles. The van der Waals surface area contributed by atoms with Crippen molar-refractivity contribution >= 4 is 5.91 Å². The van der Waals surface area contributed by atoms with Gasteiger partial charge in [0.1, 0.15) is 18.1 Å². The van der Waals surface area contributed by atoms with E-state index < -0.39 is 0 Å². The Hall–Kier alpha value is -1.75. The highest BCUT2D eigenvalue weighted by molar-refractivity contribution is 5.83. The zero-order valence-electron chi connectivity index (χ0n) is 17.6. The first-order chi connectivity index (χ1) is 14.1. The average Bonchev–Trinajstić information content (AvgIpc) is 2.73. The second-order valence-electron chi connectivity index (χ2n) is 9.86. The maximum atomic E-state index is 13.5. The topological polar surface area (TPSA) is 42.0 Å². The van der Waals surface area contributed by atoms with Crippen LogP contribution in [0.2, 0.25) is 0 Å². The summed E-state index contributed by atoms with van der Waals surface area (Å²) in [5.41, 5.74) is 0.00833. The first kappa shape index (κ1) is 19.2. The summed E-state index contributed by atoms with van der Waals surface area (Å²) in [7, 11) is 1.67. The van der Waals surface area contributed by atoms with Gasteiger partial charge in [0.25, 0.3) is 0 Å². The second kappa shape index (κ2) is 7.82. The van der Waals surface area contributed by atoms with E-state index in [1.807, 2.05) is 24.3 Å². The summed E-state index contributed by atoms with van der Waals surface area (Å²) in [5.74, 6) is 4.72. The molecule has 1 aliphatic heterocycles. The van der Waals surface area contributed by atoms with Crippen LogP contribution in [0.15, 0.2) is 24.3 Å². The summed E-state index contributed by atoms with van der Waals surface area (Å²) >= 11 is 0. The molecule has 29 heavy (non-hydrogen) atoms. The summed E-state index contributed by atoms with van der Waals surface area (Å²) < 4.78 is 11.0. The quantitative estimate of drug-likeness (QED) is 0.736. The number of methoxy groups -OCH3 is 1. The molecule has 0 aromatic heterocycles. The minimum atomic E-state index is 0.00833. The number of piperazine rings is 1. The van der Waals surface area contributed by atoms with Crippen LogP contribution in [0.3, 0.4) is 0 Å². The Kier molecular flexibility index (Phi) is 5.19. The molecule has 0 radical (unpaired) electrons. The summed E-state index contributed by atoms with van der Waals surface area (Å²) in [6.45, 7) is 5.26. The molecular weight excluding hydrogens is 364 g/mol. The van der Waals surface area contributed by atoms with Crippen molar-refractivity contribution in [3.05, 3.63) is 24.3 Å². The molecule has 6 rings (SSSR count). The summed E-state index contributed by atoms with van der Waals surface area (Å²) in [4.78, 5) is 18.1. The van der Waals surface area contributed by atoms with E-state index in [0.717, 1.165) is 62.0 Å². The minimum Gasteiger partial charge on any atom is -0.497 e. The fourth-order valence-corrected chi connectivity index (χ4v) is 6.85. The van der Waals surface area contributed by atoms with Gasteiger partial charge < -0.3 is 14.4 Å². The lowest BCUT2D eigenvalue weighted by atomic mass is 9.49. The van der Waals surface area contributed by atoms with E-state index in [1.165, 1.54) is 38.5 Å². The average molecular weight is 399 g/mol. The Morgan fingerprint density at radius 3 is 2.03 bits per heavy atom. The number of carbonyl (C=O) groups is 1. The molecule has 1 aromatic carbocycles. The number of amides is 1. The van der Waals surface area contributed by atoms with Crippen LogP contribution in [0.1, 0.15) is 38.5 Å². The van der Waals surface area contributed by atoms with Crippen LogP contribution < -0.4 is 9.47 Å². The van der Waals surface area contributed by atoms with Crippen LogP contribution in [-0.2, 0) is 4.79 Å². The summed E-state index contributed by atoms with van der Waals surface area (Å²) in [6.07, 6.45) is 7.72. The Labute approximate surface area is 174 Å². The molecule has 158 valence electrons. The SMILES string of the molecule is COc1ccc(OCCN2CCN(C(=O)C34CC5CC(CC(C5)C3)C4)CC2)cc1. The summed E-state index contributed by atoms with van der Waals surface area (Å²) in [6, 6.07) is 7.73. The monoisotopic (exact) mass is 398 g/mol. The summed E-state index contributed by atoms with van der Waals surface area (Å²) in [5, 5.41) is 0. The van der Waals surface area contributed by atoms with Gasteiger partial charge in [0.05, 0.1) is 12.5 Å². The van der Waals surface area contributed by atoms with Gasteiger partial charge in [0.15, 0.2) is 0 Å². The molecule has 0 unspecified atom stereocenters. The standard InChI is InChI=1S/C24H34N2O3/c1-28-21-2-4-22(5-3-21)29-11-10-25-6-8-26(9-7-25)23(27)24-15-18-12-19(16-24)14-20(13-18)17-24/h2-5,18-20H,6-17H2,1H3. The van der Waals surface area contributed by atoms with Crippen LogP contribution in [-0.4, -0.2) is 62.1 Å². The van der Waals surface area contributed by atoms with E-state index in [1.54, 1.807) is 7.11 Å². The minimum absolute atomic E-state index is 0.00833. The highest BCUT2D eigenvalue weighted by Crippen LogP contribution is 2.60. The van der Waals surface area contributed by atoms with E-state index in [2.05, 4.69) is 9.80 Å². The van der Waals surface area contributed by atoms with Crippen molar-refractivity contribution < 1.29 is 14.3 Å². The molecule has 5 nitrogen and oxygen atoms in total. The van der Waals surface area contributed by atoms with E-state index in [0.29, 0.717) is 12.5 Å². The van der Waals surface area contributed by atoms with Crippen molar-refractivity contribution in [2.24, 2.45) is 23.2 Å². The third-order valence-corrected chi connectivity index (χ3v) is 7.89. The fourth-order valence-electron chi connectivity index (χ4n) is 6.85. The van der Waals surface area contributed by atoms with Crippen molar-refractivity contribution in [1.29, 1.82) is 0 Å². The van der Waals surface area contributed by atoms with E-state index in [4.69, 9.17) is 9.47 Å². The number of carbonyl (C=O) groups excluding carboxylic acids is 1. The van der Waals surface area contributed by atoms with Gasteiger partial charge >= 0.3 is 0 Å². The Bertz CT molecular complexity index is 689. The van der Waals surface area contributed by atoms with Crippen molar-refractivity contribution in [1.82, 2.24) is 9.80 Å². The zero-order valence-corrected chi connectivity index (χ0v) is 17.6. The van der Waals surface area contributed by atoms with Crippen LogP contribution in [0.4, 0.5) is 0 Å². The van der Waals surface area contributed by atoms with Crippen molar-refractivity contribution in [2.45, 2.75) is 38.5 Å². The molecule has 1 heterocycles. The molecule has 4 bridgehead atoms. The molecule has 4 saturated carbocycles. The van der Waals surface area contributed by atoms with Crippen LogP contribution in [0.5, 0.6) is 11.5 Å². The van der Waals surface area contributed by atoms with Gasteiger partial charge in [0, 0.05) is 32.7 Å². The highest BCUT2D eigenvalue weighted by atomic mass is 16.5. The normalized spacial score (nSPS) is 33.7. The molecule has 0 N–H and O–H groups in total. The predicted molar refractivity (Wildman–Crippen MR) is 112 cm³/mol. The molecule has 1 aromatic rings. The molecule has 0 spiro atoms. The molecule has 1 saturated heterocycles. The van der Waals surface area contributed by atoms with E-state index in [9.17, 15) is 4.79 Å². The Morgan fingerprint density at radius 1 is 0.931 bits per heavy atom. The third kappa shape index (κ3) is 3.86. The number of hydrogen-bond donors (Lipinski definition) is 0. The van der Waals surface area contributed by atoms with Crippen LogP contribution >= 0.6 is 0 Å². The van der Waals surface area contributed by atoms with E-state index >= 15 is 0 Å². The first-order valence-corrected chi connectivity index (χ1v) is 11.4. The Morgan fingerprint density at radius 2 is 1.48 bits per heavy atom. The molecule has 1 amide bonds. The lowest BCUT2D eigenvalue weighted by Gasteiger charge is -2.57. The number of hydrogen-bond acceptors (Lipinski definition) is 4. The van der Waals surface area contributed by atoms with E-state index in [-0.39, 0.29) is 5.41 Å². The molecule has 5 heteroatoms. The van der Waals surface area contributed by atoms with Gasteiger partial charge in [-0.1, -0.05) is 0 Å². The van der Waals surface area contributed by atoms with Gasteiger partial charge in [-0.2, -0.15) is 0 Å². The molecule has 0 atom stereocenters. The highest BCUT2D eigenvalue weighted by Gasteiger charge is 2.55. The molecular formula is C24H34N2O3. The second-order valence-corrected chi connectivity index (χ2v) is 9.86. The predicted octanol–water partition coefficient (Wildman–Crippen LogP) is 3.43. The van der Waals surface area contributed by atoms with Crippen LogP contribution in [0.25, 0.3) is 0 Å². The maximum Gasteiger partial charge on any atom is 0.228 e. The number of rotatable bonds is 6. The van der Waals surface area contributed by atoms with Gasteiger partial charge in [-0.15, -0.1) is 0 Å². The van der Waals surface area contributed by atoms with Crippen molar-refractivity contribution in [3.63, 3.8) is 0 Å². The zero-order chi connectivity index (χ0) is 19.8. The van der Waals surface area contributed by atoms with Crippen molar-refractivity contribution in [2.75, 3.05) is 46.4 Å². The molecule has 5 aliphatic rings.